The van der Waals surface area contributed by atoms with E-state index in [2.05, 4.69) is 16.1 Å². The minimum atomic E-state index is -0.426. The van der Waals surface area contributed by atoms with Gasteiger partial charge in [0.25, 0.3) is 0 Å². The quantitative estimate of drug-likeness (QED) is 0.858. The summed E-state index contributed by atoms with van der Waals surface area (Å²) >= 11 is 12.0. The maximum Gasteiger partial charge on any atom is 0.126 e. The summed E-state index contributed by atoms with van der Waals surface area (Å²) in [7, 11) is 0. The van der Waals surface area contributed by atoms with Crippen molar-refractivity contribution in [1.82, 2.24) is 4.90 Å². The lowest BCUT2D eigenvalue weighted by molar-refractivity contribution is 0.243. The third-order valence-corrected chi connectivity index (χ3v) is 3.85. The Kier molecular flexibility index (Phi) is 4.93. The van der Waals surface area contributed by atoms with E-state index in [4.69, 9.17) is 29.6 Å². The highest BCUT2D eigenvalue weighted by atomic mass is 35.5. The molecule has 1 aliphatic rings. The lowest BCUT2D eigenvalue weighted by Gasteiger charge is -2.32. The zero-order valence-electron chi connectivity index (χ0n) is 10.4. The molecule has 1 aliphatic heterocycles. The normalized spacial score (nSPS) is 17.2. The van der Waals surface area contributed by atoms with Crippen molar-refractivity contribution in [3.8, 4) is 12.3 Å². The van der Waals surface area contributed by atoms with E-state index in [9.17, 15) is 4.39 Å². The number of nitrogens with one attached hydrogen (secondary N) is 1. The molecule has 0 spiro atoms. The maximum absolute atomic E-state index is 13.1. The molecule has 2 nitrogen and oxygen atoms in total. The van der Waals surface area contributed by atoms with Crippen LogP contribution >= 0.6 is 23.2 Å². The van der Waals surface area contributed by atoms with Crippen LogP contribution in [0.4, 0.5) is 10.1 Å². The molecule has 1 fully saturated rings. The zero-order valence-corrected chi connectivity index (χ0v) is 11.9. The van der Waals surface area contributed by atoms with Gasteiger partial charge in [0.05, 0.1) is 22.3 Å². The molecule has 0 atom stereocenters. The summed E-state index contributed by atoms with van der Waals surface area (Å²) in [5.74, 6) is 2.22. The number of hydrogen-bond acceptors (Lipinski definition) is 2. The molecule has 2 rings (SSSR count). The molecule has 0 aliphatic carbocycles. The molecule has 0 bridgehead atoms. The van der Waals surface area contributed by atoms with Crippen molar-refractivity contribution in [3.05, 3.63) is 28.0 Å². The summed E-state index contributed by atoms with van der Waals surface area (Å²) in [6, 6.07) is 2.82. The Morgan fingerprint density at radius 3 is 2.42 bits per heavy atom. The molecule has 0 unspecified atom stereocenters. The van der Waals surface area contributed by atoms with Gasteiger partial charge in [0, 0.05) is 19.1 Å². The number of nitrogens with zero attached hydrogens (tertiary/aromatic N) is 1. The van der Waals surface area contributed by atoms with Crippen LogP contribution < -0.4 is 5.32 Å². The van der Waals surface area contributed by atoms with Crippen LogP contribution in [0.25, 0.3) is 0 Å². The molecule has 1 aromatic rings. The Labute approximate surface area is 122 Å². The summed E-state index contributed by atoms with van der Waals surface area (Å²) in [5.41, 5.74) is 0.611. The molecule has 0 amide bonds. The van der Waals surface area contributed by atoms with Gasteiger partial charge in [0.15, 0.2) is 0 Å². The Morgan fingerprint density at radius 1 is 1.32 bits per heavy atom. The van der Waals surface area contributed by atoms with Gasteiger partial charge in [-0.2, -0.15) is 0 Å². The fraction of sp³-hybridized carbons (Fsp3) is 0.429. The highest BCUT2D eigenvalue weighted by molar-refractivity contribution is 6.39. The molecule has 19 heavy (non-hydrogen) atoms. The minimum absolute atomic E-state index is 0.287. The number of benzene rings is 1. The number of anilines is 1. The molecule has 0 radical (unpaired) electrons. The van der Waals surface area contributed by atoms with Gasteiger partial charge in [-0.3, -0.25) is 4.90 Å². The summed E-state index contributed by atoms with van der Waals surface area (Å²) < 4.78 is 13.1. The van der Waals surface area contributed by atoms with Crippen LogP contribution in [0.2, 0.25) is 10.0 Å². The topological polar surface area (TPSA) is 15.3 Å². The Balaban J connectivity index is 1.98. The first kappa shape index (κ1) is 14.5. The lowest BCUT2D eigenvalue weighted by Crippen LogP contribution is -2.39. The Bertz CT molecular complexity index is 468. The summed E-state index contributed by atoms with van der Waals surface area (Å²) in [6.07, 6.45) is 7.22. The Hall–Kier alpha value is -0.950. The highest BCUT2D eigenvalue weighted by Crippen LogP contribution is 2.32. The van der Waals surface area contributed by atoms with Crippen molar-refractivity contribution in [3.63, 3.8) is 0 Å². The summed E-state index contributed by atoms with van der Waals surface area (Å²) in [6.45, 7) is 2.57. The van der Waals surface area contributed by atoms with Crippen molar-refractivity contribution < 1.29 is 4.39 Å². The lowest BCUT2D eigenvalue weighted by atomic mass is 10.0. The molecule has 0 aromatic heterocycles. The van der Waals surface area contributed by atoms with Crippen molar-refractivity contribution in [2.75, 3.05) is 25.0 Å². The first-order valence-electron chi connectivity index (χ1n) is 6.17. The average Bonchev–Trinajstić information content (AvgIpc) is 2.36. The molecule has 102 valence electrons. The third kappa shape index (κ3) is 3.76. The highest BCUT2D eigenvalue weighted by Gasteiger charge is 2.20. The van der Waals surface area contributed by atoms with Crippen molar-refractivity contribution >= 4 is 28.9 Å². The molecule has 1 aromatic carbocycles. The van der Waals surface area contributed by atoms with Crippen molar-refractivity contribution in [2.24, 2.45) is 0 Å². The largest absolute Gasteiger partial charge is 0.380 e. The second kappa shape index (κ2) is 6.47. The van der Waals surface area contributed by atoms with E-state index in [1.807, 2.05) is 0 Å². The predicted octanol–water partition coefficient (Wildman–Crippen LogP) is 3.64. The number of terminal acetylenes is 1. The molecule has 1 heterocycles. The number of rotatable bonds is 3. The first-order valence-corrected chi connectivity index (χ1v) is 6.92. The molecular formula is C14H15Cl2FN2. The molecule has 0 saturated carbocycles. The van der Waals surface area contributed by atoms with Crippen LogP contribution in [0.15, 0.2) is 12.1 Å². The predicted molar refractivity (Wildman–Crippen MR) is 78.3 cm³/mol. The van der Waals surface area contributed by atoms with E-state index >= 15 is 0 Å². The minimum Gasteiger partial charge on any atom is -0.380 e. The molecule has 1 N–H and O–H groups in total. The van der Waals surface area contributed by atoms with Gasteiger partial charge in [-0.25, -0.2) is 4.39 Å². The van der Waals surface area contributed by atoms with Gasteiger partial charge in [-0.15, -0.1) is 6.42 Å². The fourth-order valence-electron chi connectivity index (χ4n) is 2.25. The second-order valence-corrected chi connectivity index (χ2v) is 5.46. The van der Waals surface area contributed by atoms with Gasteiger partial charge in [0.1, 0.15) is 5.82 Å². The van der Waals surface area contributed by atoms with Gasteiger partial charge < -0.3 is 5.32 Å². The second-order valence-electron chi connectivity index (χ2n) is 4.64. The SMILES string of the molecule is C#CCN1CCC(Nc2c(Cl)cc(F)cc2Cl)CC1. The number of likely N-dealkylation sites (tertiary alicyclic amines) is 1. The van der Waals surface area contributed by atoms with Crippen LogP contribution in [0.1, 0.15) is 12.8 Å². The Morgan fingerprint density at radius 2 is 1.89 bits per heavy atom. The van der Waals surface area contributed by atoms with Gasteiger partial charge >= 0.3 is 0 Å². The molecule has 5 heteroatoms. The zero-order chi connectivity index (χ0) is 13.8. The van der Waals surface area contributed by atoms with E-state index in [0.29, 0.717) is 22.3 Å². The van der Waals surface area contributed by atoms with Gasteiger partial charge in [0.2, 0.25) is 0 Å². The van der Waals surface area contributed by atoms with E-state index in [1.165, 1.54) is 12.1 Å². The van der Waals surface area contributed by atoms with Gasteiger partial charge in [-0.05, 0) is 25.0 Å². The maximum atomic E-state index is 13.1. The number of piperidine rings is 1. The van der Waals surface area contributed by atoms with Gasteiger partial charge in [-0.1, -0.05) is 29.1 Å². The standard InChI is InChI=1S/C14H15Cl2FN2/c1-2-5-19-6-3-11(4-7-19)18-14-12(15)8-10(17)9-13(14)16/h1,8-9,11,18H,3-7H2. The van der Waals surface area contributed by atoms with Crippen LogP contribution in [-0.4, -0.2) is 30.6 Å². The molecular weight excluding hydrogens is 286 g/mol. The third-order valence-electron chi connectivity index (χ3n) is 3.26. The fourth-order valence-corrected chi connectivity index (χ4v) is 2.82. The monoisotopic (exact) mass is 300 g/mol. The van der Waals surface area contributed by atoms with Crippen molar-refractivity contribution in [1.29, 1.82) is 0 Å². The van der Waals surface area contributed by atoms with E-state index in [0.717, 1.165) is 25.9 Å². The van der Waals surface area contributed by atoms with Crippen LogP contribution in [0.5, 0.6) is 0 Å². The number of hydrogen-bond donors (Lipinski definition) is 1. The summed E-state index contributed by atoms with van der Waals surface area (Å²) in [4.78, 5) is 2.23. The first-order chi connectivity index (χ1) is 9.10. The van der Waals surface area contributed by atoms with Crippen molar-refractivity contribution in [2.45, 2.75) is 18.9 Å². The van der Waals surface area contributed by atoms with Crippen LogP contribution in [-0.2, 0) is 0 Å². The van der Waals surface area contributed by atoms with Crippen LogP contribution in [0, 0.1) is 18.2 Å². The van der Waals surface area contributed by atoms with E-state index in [1.54, 1.807) is 0 Å². The van der Waals surface area contributed by atoms with Crippen LogP contribution in [0.3, 0.4) is 0 Å². The van der Waals surface area contributed by atoms with E-state index < -0.39 is 5.82 Å². The number of halogens is 3. The molecule has 1 saturated heterocycles. The average molecular weight is 301 g/mol. The van der Waals surface area contributed by atoms with E-state index in [-0.39, 0.29) is 6.04 Å². The smallest absolute Gasteiger partial charge is 0.126 e. The summed E-state index contributed by atoms with van der Waals surface area (Å²) in [5, 5.41) is 3.93.